The van der Waals surface area contributed by atoms with Crippen LogP contribution in [0.4, 0.5) is 0 Å². The van der Waals surface area contributed by atoms with E-state index >= 15 is 0 Å². The Kier molecular flexibility index (Phi) is 4.91. The van der Waals surface area contributed by atoms with Gasteiger partial charge in [0.1, 0.15) is 5.65 Å². The van der Waals surface area contributed by atoms with Gasteiger partial charge in [0.2, 0.25) is 5.91 Å². The fourth-order valence-electron chi connectivity index (χ4n) is 3.59. The quantitative estimate of drug-likeness (QED) is 0.448. The third-order valence-electron chi connectivity index (χ3n) is 5.17. The molecule has 4 heterocycles. The minimum atomic E-state index is -0.0473. The summed E-state index contributed by atoms with van der Waals surface area (Å²) < 4.78 is 0. The van der Waals surface area contributed by atoms with Gasteiger partial charge in [-0.3, -0.25) is 4.79 Å². The molecule has 0 saturated carbocycles. The molecule has 1 aliphatic rings. The van der Waals surface area contributed by atoms with Crippen LogP contribution in [0.15, 0.2) is 83.5 Å². The Morgan fingerprint density at radius 3 is 2.97 bits per heavy atom. The summed E-state index contributed by atoms with van der Waals surface area (Å²) in [6.45, 7) is 1.03. The SMILES string of the molecule is O=C(NCc1cccc(-c2c[nH]c3ncc(-c4ccsc4)cc23)c1)C1=CC=CNC1. The van der Waals surface area contributed by atoms with Crippen LogP contribution >= 0.6 is 11.3 Å². The highest BCUT2D eigenvalue weighted by Gasteiger charge is 2.12. The van der Waals surface area contributed by atoms with Gasteiger partial charge < -0.3 is 15.6 Å². The molecule has 0 unspecified atom stereocenters. The van der Waals surface area contributed by atoms with Crippen molar-refractivity contribution in [2.45, 2.75) is 6.54 Å². The van der Waals surface area contributed by atoms with Crippen molar-refractivity contribution in [2.24, 2.45) is 0 Å². The summed E-state index contributed by atoms with van der Waals surface area (Å²) >= 11 is 1.68. The van der Waals surface area contributed by atoms with Gasteiger partial charge in [0, 0.05) is 47.6 Å². The van der Waals surface area contributed by atoms with Gasteiger partial charge in [0.15, 0.2) is 0 Å². The van der Waals surface area contributed by atoms with E-state index in [4.69, 9.17) is 0 Å². The van der Waals surface area contributed by atoms with E-state index in [1.54, 1.807) is 11.3 Å². The van der Waals surface area contributed by atoms with Crippen LogP contribution in [-0.4, -0.2) is 22.4 Å². The Bertz CT molecular complexity index is 1270. The number of hydrogen-bond acceptors (Lipinski definition) is 4. The first-order valence-corrected chi connectivity index (χ1v) is 10.7. The molecular weight excluding hydrogens is 392 g/mol. The van der Waals surface area contributed by atoms with Crippen LogP contribution in [0.1, 0.15) is 5.56 Å². The summed E-state index contributed by atoms with van der Waals surface area (Å²) in [7, 11) is 0. The molecule has 148 valence electrons. The first-order valence-electron chi connectivity index (χ1n) is 9.74. The fourth-order valence-corrected chi connectivity index (χ4v) is 4.25. The zero-order valence-electron chi connectivity index (χ0n) is 16.2. The topological polar surface area (TPSA) is 69.8 Å². The standard InChI is InChI=1S/C24H20N4OS/c29-24(18-5-2-7-25-12-18)28-11-16-3-1-4-17(9-16)22-14-27-23-21(22)10-20(13-26-23)19-6-8-30-15-19/h1-10,13-15,25H,11-12H2,(H,26,27)(H,28,29). The van der Waals surface area contributed by atoms with Crippen LogP contribution in [0.3, 0.4) is 0 Å². The molecule has 30 heavy (non-hydrogen) atoms. The van der Waals surface area contributed by atoms with Gasteiger partial charge in [-0.25, -0.2) is 4.98 Å². The number of dihydropyridines is 1. The van der Waals surface area contributed by atoms with Crippen molar-refractivity contribution >= 4 is 28.3 Å². The average Bonchev–Trinajstić information content (AvgIpc) is 3.48. The molecule has 0 saturated heterocycles. The van der Waals surface area contributed by atoms with E-state index in [0.717, 1.165) is 38.9 Å². The summed E-state index contributed by atoms with van der Waals surface area (Å²) in [6.07, 6.45) is 9.42. The lowest BCUT2D eigenvalue weighted by Crippen LogP contribution is -2.29. The minimum Gasteiger partial charge on any atom is -0.387 e. The molecule has 0 spiro atoms. The molecule has 5 nitrogen and oxygen atoms in total. The number of H-pyrrole nitrogens is 1. The Hall–Kier alpha value is -3.64. The third kappa shape index (κ3) is 3.65. The number of rotatable bonds is 5. The van der Waals surface area contributed by atoms with Crippen molar-refractivity contribution in [2.75, 3.05) is 6.54 Å². The van der Waals surface area contributed by atoms with E-state index in [1.165, 1.54) is 5.56 Å². The number of carbonyl (C=O) groups excluding carboxylic acids is 1. The largest absolute Gasteiger partial charge is 0.387 e. The zero-order chi connectivity index (χ0) is 20.3. The first kappa shape index (κ1) is 18.4. The van der Waals surface area contributed by atoms with Gasteiger partial charge in [-0.2, -0.15) is 11.3 Å². The number of nitrogens with one attached hydrogen (secondary N) is 3. The van der Waals surface area contributed by atoms with E-state index in [-0.39, 0.29) is 5.91 Å². The fraction of sp³-hybridized carbons (Fsp3) is 0.0833. The van der Waals surface area contributed by atoms with Crippen molar-refractivity contribution in [1.29, 1.82) is 0 Å². The molecular formula is C24H20N4OS. The summed E-state index contributed by atoms with van der Waals surface area (Å²) in [4.78, 5) is 20.2. The number of hydrogen-bond donors (Lipinski definition) is 3. The first-order chi connectivity index (χ1) is 14.8. The Labute approximate surface area is 178 Å². The summed E-state index contributed by atoms with van der Waals surface area (Å²) in [5.74, 6) is -0.0473. The van der Waals surface area contributed by atoms with Crippen LogP contribution in [0.5, 0.6) is 0 Å². The number of pyridine rings is 1. The maximum absolute atomic E-state index is 12.3. The van der Waals surface area contributed by atoms with Gasteiger partial charge in [-0.1, -0.05) is 24.3 Å². The molecule has 0 atom stereocenters. The lowest BCUT2D eigenvalue weighted by Gasteiger charge is -2.12. The van der Waals surface area contributed by atoms with E-state index in [1.807, 2.05) is 42.9 Å². The number of amides is 1. The van der Waals surface area contributed by atoms with Crippen molar-refractivity contribution in [3.05, 3.63) is 89.0 Å². The predicted octanol–water partition coefficient (Wildman–Crippen LogP) is 4.62. The van der Waals surface area contributed by atoms with Gasteiger partial charge in [-0.05, 0) is 57.9 Å². The predicted molar refractivity (Wildman–Crippen MR) is 122 cm³/mol. The summed E-state index contributed by atoms with van der Waals surface area (Å²) in [5.41, 5.74) is 7.14. The summed E-state index contributed by atoms with van der Waals surface area (Å²) in [5, 5.41) is 11.4. The van der Waals surface area contributed by atoms with Gasteiger partial charge >= 0.3 is 0 Å². The van der Waals surface area contributed by atoms with E-state index < -0.39 is 0 Å². The highest BCUT2D eigenvalue weighted by Crippen LogP contribution is 2.32. The van der Waals surface area contributed by atoms with Crippen molar-refractivity contribution in [1.82, 2.24) is 20.6 Å². The monoisotopic (exact) mass is 412 g/mol. The number of aromatic nitrogens is 2. The van der Waals surface area contributed by atoms with E-state index in [0.29, 0.717) is 13.1 Å². The molecule has 3 aromatic heterocycles. The van der Waals surface area contributed by atoms with Crippen molar-refractivity contribution in [3.63, 3.8) is 0 Å². The van der Waals surface area contributed by atoms with Crippen LogP contribution < -0.4 is 10.6 Å². The molecule has 1 aromatic carbocycles. The Morgan fingerprint density at radius 1 is 1.17 bits per heavy atom. The average molecular weight is 413 g/mol. The molecule has 4 aromatic rings. The molecule has 1 amide bonds. The number of allylic oxidation sites excluding steroid dienone is 2. The molecule has 0 aliphatic carbocycles. The molecule has 1 aliphatic heterocycles. The van der Waals surface area contributed by atoms with Gasteiger partial charge in [0.25, 0.3) is 0 Å². The smallest absolute Gasteiger partial charge is 0.249 e. The normalized spacial score (nSPS) is 13.1. The molecule has 6 heteroatoms. The second kappa shape index (κ2) is 8.00. The molecule has 3 N–H and O–H groups in total. The van der Waals surface area contributed by atoms with E-state index in [9.17, 15) is 4.79 Å². The number of fused-ring (bicyclic) bond motifs is 1. The lowest BCUT2D eigenvalue weighted by molar-refractivity contribution is -0.117. The third-order valence-corrected chi connectivity index (χ3v) is 5.86. The molecule has 0 bridgehead atoms. The van der Waals surface area contributed by atoms with E-state index in [2.05, 4.69) is 55.6 Å². The van der Waals surface area contributed by atoms with Crippen LogP contribution in [0, 0.1) is 0 Å². The second-order valence-corrected chi connectivity index (χ2v) is 7.93. The molecule has 0 radical (unpaired) electrons. The maximum atomic E-state index is 12.3. The van der Waals surface area contributed by atoms with Crippen LogP contribution in [-0.2, 0) is 11.3 Å². The Morgan fingerprint density at radius 2 is 2.13 bits per heavy atom. The number of thiophene rings is 1. The zero-order valence-corrected chi connectivity index (χ0v) is 17.0. The lowest BCUT2D eigenvalue weighted by atomic mass is 10.0. The van der Waals surface area contributed by atoms with Crippen molar-refractivity contribution < 1.29 is 4.79 Å². The molecule has 0 fully saturated rings. The van der Waals surface area contributed by atoms with Crippen LogP contribution in [0.25, 0.3) is 33.3 Å². The minimum absolute atomic E-state index is 0.0473. The molecule has 5 rings (SSSR count). The van der Waals surface area contributed by atoms with Gasteiger partial charge in [0.05, 0.1) is 0 Å². The highest BCUT2D eigenvalue weighted by molar-refractivity contribution is 7.08. The number of nitrogens with zero attached hydrogens (tertiary/aromatic N) is 1. The maximum Gasteiger partial charge on any atom is 0.249 e. The second-order valence-electron chi connectivity index (χ2n) is 7.15. The Balaban J connectivity index is 1.40. The van der Waals surface area contributed by atoms with Gasteiger partial charge in [-0.15, -0.1) is 0 Å². The number of benzene rings is 1. The highest BCUT2D eigenvalue weighted by atomic mass is 32.1. The number of carbonyl (C=O) groups is 1. The number of aromatic amines is 1. The summed E-state index contributed by atoms with van der Waals surface area (Å²) in [6, 6.07) is 12.5. The van der Waals surface area contributed by atoms with Crippen molar-refractivity contribution in [3.8, 4) is 22.3 Å². The van der Waals surface area contributed by atoms with Crippen LogP contribution in [0.2, 0.25) is 0 Å².